The monoisotopic (exact) mass is 267 g/mol. The molecule has 1 N–H and O–H groups in total. The molecule has 1 aliphatic rings. The normalized spacial score (nSPS) is 18.4. The lowest BCUT2D eigenvalue weighted by Gasteiger charge is -2.23. The summed E-state index contributed by atoms with van der Waals surface area (Å²) in [6.45, 7) is 8.14. The highest BCUT2D eigenvalue weighted by Crippen LogP contribution is 2.51. The third kappa shape index (κ3) is 2.60. The van der Waals surface area contributed by atoms with E-state index >= 15 is 0 Å². The number of hydrogen-bond acceptors (Lipinski definition) is 1. The smallest absolute Gasteiger partial charge is 0.0292 e. The molecule has 0 spiro atoms. The molecular formula is C19H25N. The van der Waals surface area contributed by atoms with Gasteiger partial charge in [-0.1, -0.05) is 50.2 Å². The molecule has 1 heteroatoms. The summed E-state index contributed by atoms with van der Waals surface area (Å²) in [5, 5.41) is 6.41. The van der Waals surface area contributed by atoms with E-state index in [0.29, 0.717) is 11.5 Å². The lowest BCUT2D eigenvalue weighted by Crippen LogP contribution is -2.29. The summed E-state index contributed by atoms with van der Waals surface area (Å²) >= 11 is 0. The molecule has 20 heavy (non-hydrogen) atoms. The molecule has 3 rings (SSSR count). The molecule has 1 aliphatic carbocycles. The van der Waals surface area contributed by atoms with Crippen LogP contribution in [-0.2, 0) is 0 Å². The minimum atomic E-state index is 0.427. The lowest BCUT2D eigenvalue weighted by molar-refractivity contribution is 0.325. The maximum Gasteiger partial charge on any atom is 0.0292 e. The molecule has 0 bridgehead atoms. The van der Waals surface area contributed by atoms with Crippen LogP contribution in [0, 0.1) is 11.3 Å². The fourth-order valence-corrected chi connectivity index (χ4v) is 3.07. The van der Waals surface area contributed by atoms with Crippen molar-refractivity contribution in [1.82, 2.24) is 5.32 Å². The Balaban J connectivity index is 1.71. The fraction of sp³-hybridized carbons (Fsp3) is 0.474. The van der Waals surface area contributed by atoms with Gasteiger partial charge in [0.15, 0.2) is 0 Å². The van der Waals surface area contributed by atoms with Crippen molar-refractivity contribution in [1.29, 1.82) is 0 Å². The second-order valence-corrected chi connectivity index (χ2v) is 6.73. The van der Waals surface area contributed by atoms with E-state index in [0.717, 1.165) is 12.5 Å². The zero-order valence-electron chi connectivity index (χ0n) is 12.8. The Morgan fingerprint density at radius 3 is 2.35 bits per heavy atom. The summed E-state index contributed by atoms with van der Waals surface area (Å²) in [5.74, 6) is 0.791. The van der Waals surface area contributed by atoms with Crippen molar-refractivity contribution in [3.8, 4) is 0 Å². The van der Waals surface area contributed by atoms with E-state index < -0.39 is 0 Å². The summed E-state index contributed by atoms with van der Waals surface area (Å²) in [7, 11) is 0. The van der Waals surface area contributed by atoms with Crippen LogP contribution < -0.4 is 5.32 Å². The Morgan fingerprint density at radius 1 is 1.00 bits per heavy atom. The summed E-state index contributed by atoms with van der Waals surface area (Å²) in [5.41, 5.74) is 1.97. The molecule has 0 radical (unpaired) electrons. The molecule has 0 heterocycles. The predicted octanol–water partition coefficient (Wildman–Crippen LogP) is 4.93. The molecule has 0 amide bonds. The minimum absolute atomic E-state index is 0.427. The van der Waals surface area contributed by atoms with E-state index in [1.54, 1.807) is 0 Å². The second-order valence-electron chi connectivity index (χ2n) is 6.73. The van der Waals surface area contributed by atoms with Gasteiger partial charge in [-0.05, 0) is 53.5 Å². The molecule has 1 saturated carbocycles. The van der Waals surface area contributed by atoms with Crippen molar-refractivity contribution in [2.24, 2.45) is 11.3 Å². The van der Waals surface area contributed by atoms with Gasteiger partial charge in [-0.2, -0.15) is 0 Å². The number of nitrogens with one attached hydrogen (secondary N) is 1. The van der Waals surface area contributed by atoms with E-state index in [2.05, 4.69) is 68.6 Å². The van der Waals surface area contributed by atoms with Crippen molar-refractivity contribution >= 4 is 10.8 Å². The van der Waals surface area contributed by atoms with Gasteiger partial charge in [-0.3, -0.25) is 0 Å². The fourth-order valence-electron chi connectivity index (χ4n) is 3.07. The highest BCUT2D eigenvalue weighted by atomic mass is 14.9. The largest absolute Gasteiger partial charge is 0.310 e. The standard InChI is InChI=1S/C19H25N/c1-14(2)19(10-11-19)13-20-15(3)17-9-8-16-6-4-5-7-18(16)12-17/h4-9,12,14-15,20H,10-11,13H2,1-3H3. The van der Waals surface area contributed by atoms with Gasteiger partial charge in [0.1, 0.15) is 0 Å². The van der Waals surface area contributed by atoms with Gasteiger partial charge in [-0.15, -0.1) is 0 Å². The summed E-state index contributed by atoms with van der Waals surface area (Å²) < 4.78 is 0. The first kappa shape index (κ1) is 13.6. The SMILES string of the molecule is CC(NCC1(C(C)C)CC1)c1ccc2ccccc2c1. The first-order chi connectivity index (χ1) is 9.61. The lowest BCUT2D eigenvalue weighted by atomic mass is 9.92. The average molecular weight is 267 g/mol. The number of fused-ring (bicyclic) bond motifs is 1. The highest BCUT2D eigenvalue weighted by Gasteiger charge is 2.44. The van der Waals surface area contributed by atoms with Crippen LogP contribution in [0.4, 0.5) is 0 Å². The van der Waals surface area contributed by atoms with Crippen LogP contribution in [0.2, 0.25) is 0 Å². The van der Waals surface area contributed by atoms with E-state index in [9.17, 15) is 0 Å². The topological polar surface area (TPSA) is 12.0 Å². The van der Waals surface area contributed by atoms with Crippen molar-refractivity contribution in [3.05, 3.63) is 48.0 Å². The first-order valence-corrected chi connectivity index (χ1v) is 7.83. The predicted molar refractivity (Wildman–Crippen MR) is 86.9 cm³/mol. The first-order valence-electron chi connectivity index (χ1n) is 7.83. The Morgan fingerprint density at radius 2 is 1.70 bits per heavy atom. The molecule has 0 aliphatic heterocycles. The Labute approximate surface area is 122 Å². The third-order valence-corrected chi connectivity index (χ3v) is 5.15. The molecule has 0 saturated heterocycles. The van der Waals surface area contributed by atoms with Gasteiger partial charge in [0.2, 0.25) is 0 Å². The van der Waals surface area contributed by atoms with E-state index in [1.165, 1.54) is 29.2 Å². The van der Waals surface area contributed by atoms with Crippen LogP contribution in [0.5, 0.6) is 0 Å². The van der Waals surface area contributed by atoms with E-state index in [1.807, 2.05) is 0 Å². The Bertz CT molecular complexity index is 595. The zero-order valence-corrected chi connectivity index (χ0v) is 12.8. The maximum absolute atomic E-state index is 3.75. The third-order valence-electron chi connectivity index (χ3n) is 5.15. The number of rotatable bonds is 5. The second kappa shape index (κ2) is 5.21. The van der Waals surface area contributed by atoms with Gasteiger partial charge in [0.25, 0.3) is 0 Å². The molecule has 0 aromatic heterocycles. The molecule has 106 valence electrons. The molecule has 1 nitrogen and oxygen atoms in total. The van der Waals surface area contributed by atoms with Gasteiger partial charge < -0.3 is 5.32 Å². The van der Waals surface area contributed by atoms with Crippen LogP contribution >= 0.6 is 0 Å². The molecule has 1 unspecified atom stereocenters. The average Bonchev–Trinajstić information content (AvgIpc) is 3.25. The van der Waals surface area contributed by atoms with Gasteiger partial charge in [0.05, 0.1) is 0 Å². The van der Waals surface area contributed by atoms with Gasteiger partial charge >= 0.3 is 0 Å². The highest BCUT2D eigenvalue weighted by molar-refractivity contribution is 5.83. The van der Waals surface area contributed by atoms with Crippen molar-refractivity contribution in [2.75, 3.05) is 6.54 Å². The van der Waals surface area contributed by atoms with Crippen LogP contribution in [0.25, 0.3) is 10.8 Å². The van der Waals surface area contributed by atoms with Crippen molar-refractivity contribution < 1.29 is 0 Å². The zero-order chi connectivity index (χ0) is 14.2. The summed E-state index contributed by atoms with van der Waals surface area (Å²) in [4.78, 5) is 0. The van der Waals surface area contributed by atoms with Gasteiger partial charge in [0, 0.05) is 12.6 Å². The van der Waals surface area contributed by atoms with Crippen LogP contribution in [0.1, 0.15) is 45.2 Å². The van der Waals surface area contributed by atoms with Gasteiger partial charge in [-0.25, -0.2) is 0 Å². The Kier molecular flexibility index (Phi) is 3.55. The molecule has 1 fully saturated rings. The van der Waals surface area contributed by atoms with E-state index in [-0.39, 0.29) is 0 Å². The van der Waals surface area contributed by atoms with Crippen LogP contribution in [-0.4, -0.2) is 6.54 Å². The maximum atomic E-state index is 3.75. The van der Waals surface area contributed by atoms with Crippen LogP contribution in [0.15, 0.2) is 42.5 Å². The summed E-state index contributed by atoms with van der Waals surface area (Å²) in [6.07, 6.45) is 2.78. The van der Waals surface area contributed by atoms with E-state index in [4.69, 9.17) is 0 Å². The molecule has 1 atom stereocenters. The molecule has 2 aromatic carbocycles. The quantitative estimate of drug-likeness (QED) is 0.810. The van der Waals surface area contributed by atoms with Crippen LogP contribution in [0.3, 0.4) is 0 Å². The van der Waals surface area contributed by atoms with Crippen molar-refractivity contribution in [3.63, 3.8) is 0 Å². The minimum Gasteiger partial charge on any atom is -0.310 e. The summed E-state index contributed by atoms with van der Waals surface area (Å²) in [6, 6.07) is 15.8. The van der Waals surface area contributed by atoms with Crippen molar-refractivity contribution in [2.45, 2.75) is 39.7 Å². The Hall–Kier alpha value is -1.34. The molecular weight excluding hydrogens is 242 g/mol. The number of hydrogen-bond donors (Lipinski definition) is 1. The molecule has 2 aromatic rings. The number of benzene rings is 2.